The topological polar surface area (TPSA) is 91.7 Å². The zero-order valence-electron chi connectivity index (χ0n) is 11.3. The van der Waals surface area contributed by atoms with Crippen molar-refractivity contribution in [2.24, 2.45) is 5.92 Å². The first-order valence-electron chi connectivity index (χ1n) is 6.35. The largest absolute Gasteiger partial charge is 0.390 e. The van der Waals surface area contributed by atoms with Crippen molar-refractivity contribution in [3.8, 4) is 0 Å². The second kappa shape index (κ2) is 4.92. The number of hydrogen-bond donors (Lipinski definition) is 2. The Morgan fingerprint density at radius 1 is 1.10 bits per heavy atom. The normalized spacial score (nSPS) is 20.8. The Morgan fingerprint density at radius 3 is 2.20 bits per heavy atom. The lowest BCUT2D eigenvalue weighted by Gasteiger charge is -2.28. The Kier molecular flexibility index (Phi) is 3.58. The number of benzene rings is 1. The molecule has 5 heteroatoms. The van der Waals surface area contributed by atoms with E-state index in [0.717, 1.165) is 0 Å². The molecule has 0 bridgehead atoms. The van der Waals surface area contributed by atoms with Crippen molar-refractivity contribution >= 4 is 17.3 Å². The van der Waals surface area contributed by atoms with Crippen LogP contribution in [0.1, 0.15) is 41.0 Å². The van der Waals surface area contributed by atoms with Crippen LogP contribution < -0.4 is 0 Å². The number of ketones is 3. The van der Waals surface area contributed by atoms with E-state index in [2.05, 4.69) is 0 Å². The first-order valence-corrected chi connectivity index (χ1v) is 6.35. The Hall–Kier alpha value is -1.85. The van der Waals surface area contributed by atoms with Gasteiger partial charge in [-0.1, -0.05) is 24.3 Å². The maximum atomic E-state index is 12.3. The van der Waals surface area contributed by atoms with Gasteiger partial charge < -0.3 is 10.2 Å². The van der Waals surface area contributed by atoms with Gasteiger partial charge in [0, 0.05) is 11.1 Å². The molecular formula is C15H16O5. The summed E-state index contributed by atoms with van der Waals surface area (Å²) in [5.74, 6) is -3.24. The summed E-state index contributed by atoms with van der Waals surface area (Å²) in [4.78, 5) is 36.2. The molecule has 1 aliphatic carbocycles. The molecule has 2 atom stereocenters. The predicted molar refractivity (Wildman–Crippen MR) is 70.5 cm³/mol. The van der Waals surface area contributed by atoms with Crippen LogP contribution in [0.4, 0.5) is 0 Å². The van der Waals surface area contributed by atoms with Crippen molar-refractivity contribution < 1.29 is 24.6 Å². The van der Waals surface area contributed by atoms with Gasteiger partial charge in [0.1, 0.15) is 0 Å². The van der Waals surface area contributed by atoms with E-state index in [1.165, 1.54) is 26.0 Å². The molecule has 2 unspecified atom stereocenters. The first-order chi connectivity index (χ1) is 9.23. The highest BCUT2D eigenvalue weighted by molar-refractivity contribution is 6.51. The van der Waals surface area contributed by atoms with Gasteiger partial charge in [-0.15, -0.1) is 0 Å². The summed E-state index contributed by atoms with van der Waals surface area (Å²) in [6.07, 6.45) is -1.53. The lowest BCUT2D eigenvalue weighted by atomic mass is 9.77. The Bertz CT molecular complexity index is 582. The molecule has 1 aliphatic rings. The fraction of sp³-hybridized carbons (Fsp3) is 0.400. The van der Waals surface area contributed by atoms with Crippen LogP contribution in [0.5, 0.6) is 0 Å². The minimum absolute atomic E-state index is 0.108. The van der Waals surface area contributed by atoms with Crippen molar-refractivity contribution in [2.75, 3.05) is 0 Å². The number of Topliss-reactive ketones (excluding diaryl/α,β-unsaturated/α-hetero) is 3. The van der Waals surface area contributed by atoms with Gasteiger partial charge in [0.15, 0.2) is 5.78 Å². The Morgan fingerprint density at radius 2 is 1.65 bits per heavy atom. The highest BCUT2D eigenvalue weighted by Gasteiger charge is 2.42. The van der Waals surface area contributed by atoms with Gasteiger partial charge >= 0.3 is 0 Å². The molecule has 20 heavy (non-hydrogen) atoms. The summed E-state index contributed by atoms with van der Waals surface area (Å²) in [5, 5.41) is 19.5. The van der Waals surface area contributed by atoms with E-state index in [-0.39, 0.29) is 17.5 Å². The molecule has 1 aromatic rings. The molecule has 106 valence electrons. The van der Waals surface area contributed by atoms with E-state index in [1.54, 1.807) is 12.1 Å². The smallest absolute Gasteiger partial charge is 0.230 e. The summed E-state index contributed by atoms with van der Waals surface area (Å²) in [7, 11) is 0. The molecule has 2 N–H and O–H groups in total. The maximum Gasteiger partial charge on any atom is 0.230 e. The van der Waals surface area contributed by atoms with Crippen molar-refractivity contribution in [2.45, 2.75) is 32.0 Å². The summed E-state index contributed by atoms with van der Waals surface area (Å²) in [6, 6.07) is 6.13. The Balaban J connectivity index is 2.36. The molecule has 0 saturated heterocycles. The van der Waals surface area contributed by atoms with Crippen molar-refractivity contribution in [3.05, 3.63) is 35.4 Å². The van der Waals surface area contributed by atoms with E-state index in [0.29, 0.717) is 0 Å². The molecule has 0 aliphatic heterocycles. The van der Waals surface area contributed by atoms with Gasteiger partial charge in [-0.05, 0) is 20.3 Å². The summed E-state index contributed by atoms with van der Waals surface area (Å²) in [6.45, 7) is 2.76. The minimum atomic E-state index is -1.44. The number of hydrogen-bond acceptors (Lipinski definition) is 5. The monoisotopic (exact) mass is 276 g/mol. The van der Waals surface area contributed by atoms with E-state index in [4.69, 9.17) is 0 Å². The number of aliphatic hydroxyl groups excluding tert-OH is 1. The molecule has 5 nitrogen and oxygen atoms in total. The van der Waals surface area contributed by atoms with Crippen LogP contribution in [0.15, 0.2) is 24.3 Å². The van der Waals surface area contributed by atoms with Gasteiger partial charge in [-0.25, -0.2) is 0 Å². The van der Waals surface area contributed by atoms with Crippen LogP contribution >= 0.6 is 0 Å². The van der Waals surface area contributed by atoms with Gasteiger partial charge in [0.2, 0.25) is 11.6 Å². The van der Waals surface area contributed by atoms with Crippen molar-refractivity contribution in [1.29, 1.82) is 0 Å². The quantitative estimate of drug-likeness (QED) is 0.628. The fourth-order valence-corrected chi connectivity index (χ4v) is 2.22. The maximum absolute atomic E-state index is 12.3. The molecule has 0 amide bonds. The zero-order chi connectivity index (χ0) is 15.1. The molecular weight excluding hydrogens is 260 g/mol. The van der Waals surface area contributed by atoms with E-state index in [9.17, 15) is 24.6 Å². The van der Waals surface area contributed by atoms with Gasteiger partial charge in [-0.2, -0.15) is 0 Å². The summed E-state index contributed by atoms with van der Waals surface area (Å²) < 4.78 is 0. The number of carbonyl (C=O) groups is 3. The van der Waals surface area contributed by atoms with E-state index in [1.807, 2.05) is 0 Å². The van der Waals surface area contributed by atoms with Gasteiger partial charge in [0.05, 0.1) is 17.6 Å². The minimum Gasteiger partial charge on any atom is -0.390 e. The van der Waals surface area contributed by atoms with Crippen molar-refractivity contribution in [1.82, 2.24) is 0 Å². The lowest BCUT2D eigenvalue weighted by molar-refractivity contribution is -0.120. The molecule has 1 aromatic carbocycles. The molecule has 0 heterocycles. The molecule has 2 rings (SSSR count). The summed E-state index contributed by atoms with van der Waals surface area (Å²) >= 11 is 0. The third-order valence-electron chi connectivity index (χ3n) is 3.57. The Labute approximate surface area is 116 Å². The number of carbonyl (C=O) groups excluding carboxylic acids is 3. The third-order valence-corrected chi connectivity index (χ3v) is 3.57. The van der Waals surface area contributed by atoms with Crippen LogP contribution in [0.25, 0.3) is 0 Å². The SMILES string of the molecule is CC(C)(O)C(O)CC1C(=O)C(=O)c2ccccc2C1=O. The van der Waals surface area contributed by atoms with Crippen LogP contribution in [0.3, 0.4) is 0 Å². The molecule has 0 spiro atoms. The number of rotatable bonds is 3. The van der Waals surface area contributed by atoms with E-state index >= 15 is 0 Å². The van der Waals surface area contributed by atoms with Gasteiger partial charge in [-0.3, -0.25) is 14.4 Å². The standard InChI is InChI=1S/C15H16O5/c1-15(2,20)11(16)7-10-12(17)8-5-3-4-6-9(8)13(18)14(10)19/h3-6,10-11,16,20H,7H2,1-2H3. The third kappa shape index (κ3) is 2.42. The van der Waals surface area contributed by atoms with Gasteiger partial charge in [0.25, 0.3) is 0 Å². The van der Waals surface area contributed by atoms with Crippen molar-refractivity contribution in [3.63, 3.8) is 0 Å². The molecule has 0 radical (unpaired) electrons. The highest BCUT2D eigenvalue weighted by Crippen LogP contribution is 2.28. The zero-order valence-corrected chi connectivity index (χ0v) is 11.3. The second-order valence-electron chi connectivity index (χ2n) is 5.56. The summed E-state index contributed by atoms with van der Waals surface area (Å²) in [5.41, 5.74) is -1.14. The van der Waals surface area contributed by atoms with Crippen LogP contribution in [0, 0.1) is 5.92 Å². The molecule has 0 aromatic heterocycles. The average molecular weight is 276 g/mol. The second-order valence-corrected chi connectivity index (χ2v) is 5.56. The highest BCUT2D eigenvalue weighted by atomic mass is 16.3. The lowest BCUT2D eigenvalue weighted by Crippen LogP contribution is -2.44. The average Bonchev–Trinajstić information content (AvgIpc) is 2.39. The van der Waals surface area contributed by atoms with Crippen LogP contribution in [-0.2, 0) is 4.79 Å². The van der Waals surface area contributed by atoms with E-state index < -0.39 is 35.0 Å². The molecule has 0 saturated carbocycles. The number of fused-ring (bicyclic) bond motifs is 1. The number of aliphatic hydroxyl groups is 2. The van der Waals surface area contributed by atoms with Crippen LogP contribution in [-0.4, -0.2) is 39.3 Å². The van der Waals surface area contributed by atoms with Crippen LogP contribution in [0.2, 0.25) is 0 Å². The molecule has 0 fully saturated rings. The first kappa shape index (κ1) is 14.6. The fourth-order valence-electron chi connectivity index (χ4n) is 2.22. The predicted octanol–water partition coefficient (Wildman–Crippen LogP) is 0.773.